The minimum absolute atomic E-state index is 0.0311. The van der Waals surface area contributed by atoms with Crippen LogP contribution in [0.4, 0.5) is 0 Å². The highest BCUT2D eigenvalue weighted by atomic mass is 32.2. The molecule has 1 amide bonds. The Morgan fingerprint density at radius 3 is 2.69 bits per heavy atom. The van der Waals surface area contributed by atoms with E-state index in [2.05, 4.69) is 24.8 Å². The van der Waals surface area contributed by atoms with Crippen molar-refractivity contribution in [3.8, 4) is 11.4 Å². The van der Waals surface area contributed by atoms with Crippen LogP contribution < -0.4 is 5.32 Å². The summed E-state index contributed by atoms with van der Waals surface area (Å²) in [5.41, 5.74) is 1.18. The average Bonchev–Trinajstić information content (AvgIpc) is 3.36. The van der Waals surface area contributed by atoms with Crippen LogP contribution in [-0.4, -0.2) is 53.8 Å². The van der Waals surface area contributed by atoms with Crippen LogP contribution in [0, 0.1) is 5.92 Å². The Morgan fingerprint density at radius 1 is 1.19 bits per heavy atom. The van der Waals surface area contributed by atoms with Crippen molar-refractivity contribution in [3.63, 3.8) is 0 Å². The SMILES string of the molecule is CC(C)C(NC(=O)CN(C)C1=NS(=O)(=O)c2ccccc21)c1nc(-c2cccnc2)no1. The first-order valence-electron chi connectivity index (χ1n) is 9.95. The molecule has 1 atom stereocenters. The van der Waals surface area contributed by atoms with E-state index >= 15 is 0 Å². The Kier molecular flexibility index (Phi) is 5.74. The fraction of sp³-hybridized carbons (Fsp3) is 0.286. The van der Waals surface area contributed by atoms with Crippen LogP contribution in [0.1, 0.15) is 31.3 Å². The van der Waals surface area contributed by atoms with E-state index in [-0.39, 0.29) is 35.0 Å². The number of carbonyl (C=O) groups is 1. The van der Waals surface area contributed by atoms with Gasteiger partial charge >= 0.3 is 0 Å². The van der Waals surface area contributed by atoms with E-state index in [1.165, 1.54) is 11.0 Å². The molecule has 1 aromatic carbocycles. The second kappa shape index (κ2) is 8.50. The van der Waals surface area contributed by atoms with E-state index in [1.54, 1.807) is 43.7 Å². The summed E-state index contributed by atoms with van der Waals surface area (Å²) in [5.74, 6) is 0.523. The lowest BCUT2D eigenvalue weighted by Crippen LogP contribution is -2.41. The van der Waals surface area contributed by atoms with Gasteiger partial charge in [0.05, 0.1) is 6.54 Å². The second-order valence-electron chi connectivity index (χ2n) is 7.73. The Bertz CT molecular complexity index is 1270. The van der Waals surface area contributed by atoms with Gasteiger partial charge in [0.1, 0.15) is 10.9 Å². The van der Waals surface area contributed by atoms with Crippen LogP contribution >= 0.6 is 0 Å². The summed E-state index contributed by atoms with van der Waals surface area (Å²) in [6, 6.07) is 9.60. The molecule has 11 heteroatoms. The number of benzene rings is 1. The van der Waals surface area contributed by atoms with Gasteiger partial charge in [0.25, 0.3) is 10.0 Å². The molecular weight excluding hydrogens is 432 g/mol. The van der Waals surface area contributed by atoms with Gasteiger partial charge in [-0.05, 0) is 30.2 Å². The molecule has 0 saturated heterocycles. The minimum atomic E-state index is -3.76. The Balaban J connectivity index is 1.48. The number of amides is 1. The zero-order valence-electron chi connectivity index (χ0n) is 17.8. The molecule has 0 fully saturated rings. The molecule has 3 heterocycles. The summed E-state index contributed by atoms with van der Waals surface area (Å²) in [4.78, 5) is 22.9. The van der Waals surface area contributed by atoms with Crippen LogP contribution in [0.2, 0.25) is 0 Å². The molecule has 0 spiro atoms. The third-order valence-electron chi connectivity index (χ3n) is 4.97. The summed E-state index contributed by atoms with van der Waals surface area (Å²) < 4.78 is 33.8. The minimum Gasteiger partial charge on any atom is -0.349 e. The lowest BCUT2D eigenvalue weighted by molar-refractivity contribution is -0.122. The number of hydrogen-bond donors (Lipinski definition) is 1. The number of nitrogens with one attached hydrogen (secondary N) is 1. The molecule has 0 saturated carbocycles. The van der Waals surface area contributed by atoms with Crippen molar-refractivity contribution >= 4 is 21.8 Å². The molecule has 1 unspecified atom stereocenters. The number of carbonyl (C=O) groups excluding carboxylic acids is 1. The summed E-state index contributed by atoms with van der Waals surface area (Å²) in [6.45, 7) is 3.74. The number of rotatable bonds is 6. The van der Waals surface area contributed by atoms with Crippen molar-refractivity contribution in [2.45, 2.75) is 24.8 Å². The van der Waals surface area contributed by atoms with Gasteiger partial charge in [0, 0.05) is 30.6 Å². The van der Waals surface area contributed by atoms with E-state index < -0.39 is 16.1 Å². The molecule has 0 radical (unpaired) electrons. The number of sulfonamides is 1. The maximum Gasteiger partial charge on any atom is 0.285 e. The highest BCUT2D eigenvalue weighted by molar-refractivity contribution is 7.90. The van der Waals surface area contributed by atoms with Crippen molar-refractivity contribution in [2.24, 2.45) is 10.3 Å². The van der Waals surface area contributed by atoms with Gasteiger partial charge in [-0.1, -0.05) is 31.1 Å². The fourth-order valence-electron chi connectivity index (χ4n) is 3.36. The van der Waals surface area contributed by atoms with E-state index in [0.29, 0.717) is 17.0 Å². The van der Waals surface area contributed by atoms with Gasteiger partial charge in [0.2, 0.25) is 17.6 Å². The summed E-state index contributed by atoms with van der Waals surface area (Å²) in [6.07, 6.45) is 3.27. The first-order valence-corrected chi connectivity index (χ1v) is 11.4. The van der Waals surface area contributed by atoms with Crippen LogP contribution in [0.3, 0.4) is 0 Å². The normalized spacial score (nSPS) is 15.2. The Morgan fingerprint density at radius 2 is 1.97 bits per heavy atom. The topological polar surface area (TPSA) is 131 Å². The summed E-state index contributed by atoms with van der Waals surface area (Å²) in [5, 5.41) is 6.89. The first-order chi connectivity index (χ1) is 15.3. The van der Waals surface area contributed by atoms with E-state index in [0.717, 1.165) is 0 Å². The maximum absolute atomic E-state index is 12.8. The number of hydrogen-bond acceptors (Lipinski definition) is 8. The smallest absolute Gasteiger partial charge is 0.285 e. The van der Waals surface area contributed by atoms with Gasteiger partial charge in [0.15, 0.2) is 5.84 Å². The highest BCUT2D eigenvalue weighted by Crippen LogP contribution is 2.27. The van der Waals surface area contributed by atoms with Gasteiger partial charge < -0.3 is 14.7 Å². The fourth-order valence-corrected chi connectivity index (χ4v) is 4.61. The van der Waals surface area contributed by atoms with Crippen molar-refractivity contribution in [1.82, 2.24) is 25.3 Å². The van der Waals surface area contributed by atoms with E-state index in [9.17, 15) is 13.2 Å². The number of fused-ring (bicyclic) bond motifs is 1. The number of likely N-dealkylation sites (N-methyl/N-ethyl adjacent to an activating group) is 1. The van der Waals surface area contributed by atoms with E-state index in [4.69, 9.17) is 4.52 Å². The van der Waals surface area contributed by atoms with Crippen molar-refractivity contribution in [3.05, 3.63) is 60.2 Å². The second-order valence-corrected chi connectivity index (χ2v) is 9.30. The molecule has 32 heavy (non-hydrogen) atoms. The van der Waals surface area contributed by atoms with Crippen molar-refractivity contribution < 1.29 is 17.7 Å². The zero-order valence-corrected chi connectivity index (χ0v) is 18.6. The summed E-state index contributed by atoms with van der Waals surface area (Å²) >= 11 is 0. The van der Waals surface area contributed by atoms with Crippen LogP contribution in [-0.2, 0) is 14.8 Å². The Labute approximate surface area is 185 Å². The largest absolute Gasteiger partial charge is 0.349 e. The molecule has 1 aliphatic heterocycles. The van der Waals surface area contributed by atoms with Crippen LogP contribution in [0.15, 0.2) is 62.6 Å². The molecule has 1 aliphatic rings. The third kappa shape index (κ3) is 4.24. The quantitative estimate of drug-likeness (QED) is 0.599. The Hall–Kier alpha value is -3.60. The van der Waals surface area contributed by atoms with Gasteiger partial charge in [-0.3, -0.25) is 9.78 Å². The standard InChI is InChI=1S/C21H22N6O4S/c1-13(2)18(21-24-19(25-31-21)14-7-6-10-22-11-14)23-17(28)12-27(3)20-15-8-4-5-9-16(15)32(29,30)26-20/h4-11,13,18H,12H2,1-3H3,(H,23,28). The van der Waals surface area contributed by atoms with E-state index in [1.807, 2.05) is 19.9 Å². The van der Waals surface area contributed by atoms with Crippen LogP contribution in [0.5, 0.6) is 0 Å². The molecule has 10 nitrogen and oxygen atoms in total. The molecule has 4 rings (SSSR count). The summed E-state index contributed by atoms with van der Waals surface area (Å²) in [7, 11) is -2.14. The number of amidine groups is 1. The third-order valence-corrected chi connectivity index (χ3v) is 6.29. The predicted molar refractivity (Wildman–Crippen MR) is 116 cm³/mol. The molecule has 3 aromatic rings. The highest BCUT2D eigenvalue weighted by Gasteiger charge is 2.32. The van der Waals surface area contributed by atoms with Crippen molar-refractivity contribution in [2.75, 3.05) is 13.6 Å². The van der Waals surface area contributed by atoms with Crippen molar-refractivity contribution in [1.29, 1.82) is 0 Å². The van der Waals surface area contributed by atoms with Crippen LogP contribution in [0.25, 0.3) is 11.4 Å². The maximum atomic E-state index is 12.8. The van der Waals surface area contributed by atoms with Gasteiger partial charge in [-0.15, -0.1) is 4.40 Å². The molecule has 1 N–H and O–H groups in total. The molecular formula is C21H22N6O4S. The predicted octanol–water partition coefficient (Wildman–Crippen LogP) is 2.03. The van der Waals surface area contributed by atoms with Gasteiger partial charge in [-0.2, -0.15) is 13.4 Å². The molecule has 166 valence electrons. The zero-order chi connectivity index (χ0) is 22.9. The van der Waals surface area contributed by atoms with Gasteiger partial charge in [-0.25, -0.2) is 0 Å². The monoisotopic (exact) mass is 454 g/mol. The molecule has 2 aromatic heterocycles. The number of aromatic nitrogens is 3. The number of pyridine rings is 1. The lowest BCUT2D eigenvalue weighted by atomic mass is 10.0. The average molecular weight is 455 g/mol. The number of nitrogens with zero attached hydrogens (tertiary/aromatic N) is 5. The molecule has 0 bridgehead atoms. The molecule has 0 aliphatic carbocycles. The first kappa shape index (κ1) is 21.6. The lowest BCUT2D eigenvalue weighted by Gasteiger charge is -2.22.